The normalized spacial score (nSPS) is 18.0. The number of aliphatic imine (C=N–C) groups is 1. The Balaban J connectivity index is 1.51. The van der Waals surface area contributed by atoms with Crippen LogP contribution in [0.2, 0.25) is 0 Å². The van der Waals surface area contributed by atoms with Crippen LogP contribution in [0.1, 0.15) is 30.6 Å². The van der Waals surface area contributed by atoms with E-state index in [1.165, 1.54) is 24.3 Å². The maximum Gasteiger partial charge on any atom is 0.308 e. The van der Waals surface area contributed by atoms with Crippen molar-refractivity contribution in [3.8, 4) is 28.9 Å². The summed E-state index contributed by atoms with van der Waals surface area (Å²) in [6.45, 7) is 3.10. The number of amides is 1. The summed E-state index contributed by atoms with van der Waals surface area (Å²) in [5.74, 6) is -5.68. The first-order valence-electron chi connectivity index (χ1n) is 14.0. The third-order valence-corrected chi connectivity index (χ3v) is 7.22. The molecule has 236 valence electrons. The second-order valence-electron chi connectivity index (χ2n) is 10.2. The van der Waals surface area contributed by atoms with E-state index in [0.29, 0.717) is 37.1 Å². The largest absolute Gasteiger partial charge is 0.504 e. The van der Waals surface area contributed by atoms with Crippen molar-refractivity contribution in [1.29, 1.82) is 5.41 Å². The van der Waals surface area contributed by atoms with Crippen LogP contribution >= 0.6 is 0 Å². The van der Waals surface area contributed by atoms with Gasteiger partial charge in [-0.05, 0) is 50.4 Å². The number of nitrogens with two attached hydrogens (primary N) is 1. The SMILES string of the molecule is CCOC(=O)CC1C(=O)NCCN1c1ccc(Oc2c(F)cnc(Oc3cc(C(=N)N)ccc3O)c2F)c(C2N=CCN2C)c1. The number of aromatic nitrogens is 1. The highest BCUT2D eigenvalue weighted by molar-refractivity contribution is 5.95. The highest BCUT2D eigenvalue weighted by Crippen LogP contribution is 2.41. The van der Waals surface area contributed by atoms with Gasteiger partial charge in [0.05, 0.1) is 19.2 Å². The molecule has 0 bridgehead atoms. The Kier molecular flexibility index (Phi) is 9.08. The summed E-state index contributed by atoms with van der Waals surface area (Å²) in [4.78, 5) is 36.9. The van der Waals surface area contributed by atoms with Crippen LogP contribution in [-0.4, -0.2) is 78.2 Å². The third-order valence-electron chi connectivity index (χ3n) is 7.22. The van der Waals surface area contributed by atoms with Crippen LogP contribution < -0.4 is 25.4 Å². The number of nitrogens with zero attached hydrogens (tertiary/aromatic N) is 4. The van der Waals surface area contributed by atoms with Crippen molar-refractivity contribution in [2.75, 3.05) is 38.2 Å². The highest BCUT2D eigenvalue weighted by Gasteiger charge is 2.34. The zero-order chi connectivity index (χ0) is 32.2. The minimum atomic E-state index is -1.29. The minimum Gasteiger partial charge on any atom is -0.504 e. The molecule has 2 atom stereocenters. The Morgan fingerprint density at radius 2 is 2.00 bits per heavy atom. The van der Waals surface area contributed by atoms with E-state index in [4.69, 9.17) is 25.4 Å². The number of benzene rings is 2. The summed E-state index contributed by atoms with van der Waals surface area (Å²) in [6, 6.07) is 7.78. The number of piperazine rings is 1. The lowest BCUT2D eigenvalue weighted by Gasteiger charge is -2.37. The van der Waals surface area contributed by atoms with E-state index in [1.54, 1.807) is 30.2 Å². The number of amidine groups is 1. The number of nitrogen functional groups attached to an aromatic ring is 1. The van der Waals surface area contributed by atoms with Crippen molar-refractivity contribution in [2.24, 2.45) is 10.7 Å². The maximum atomic E-state index is 15.7. The fraction of sp³-hybridized carbons (Fsp3) is 0.300. The molecule has 0 aliphatic carbocycles. The number of rotatable bonds is 10. The molecule has 1 fully saturated rings. The fourth-order valence-electron chi connectivity index (χ4n) is 5.00. The molecule has 2 aliphatic heterocycles. The van der Waals surface area contributed by atoms with Gasteiger partial charge < -0.3 is 35.3 Å². The molecule has 1 saturated heterocycles. The second-order valence-corrected chi connectivity index (χ2v) is 10.2. The summed E-state index contributed by atoms with van der Waals surface area (Å²) in [5.41, 5.74) is 6.70. The molecular formula is C30H31F2N7O6. The molecule has 15 heteroatoms. The van der Waals surface area contributed by atoms with E-state index in [1.807, 2.05) is 11.9 Å². The van der Waals surface area contributed by atoms with Gasteiger partial charge in [-0.2, -0.15) is 4.39 Å². The number of aromatic hydroxyl groups is 1. The smallest absolute Gasteiger partial charge is 0.308 e. The first-order chi connectivity index (χ1) is 21.6. The first-order valence-corrected chi connectivity index (χ1v) is 14.0. The van der Waals surface area contributed by atoms with Crippen molar-refractivity contribution >= 4 is 29.6 Å². The van der Waals surface area contributed by atoms with Gasteiger partial charge in [-0.25, -0.2) is 9.37 Å². The van der Waals surface area contributed by atoms with Gasteiger partial charge in [0.2, 0.25) is 17.5 Å². The predicted molar refractivity (Wildman–Crippen MR) is 159 cm³/mol. The molecule has 0 radical (unpaired) electrons. The van der Waals surface area contributed by atoms with Gasteiger partial charge in [0.15, 0.2) is 17.3 Å². The molecular weight excluding hydrogens is 592 g/mol. The van der Waals surface area contributed by atoms with E-state index < -0.39 is 41.4 Å². The van der Waals surface area contributed by atoms with E-state index in [-0.39, 0.29) is 47.6 Å². The molecule has 0 spiro atoms. The molecule has 5 N–H and O–H groups in total. The zero-order valence-electron chi connectivity index (χ0n) is 24.4. The monoisotopic (exact) mass is 623 g/mol. The lowest BCUT2D eigenvalue weighted by molar-refractivity contribution is -0.145. The van der Waals surface area contributed by atoms with Crippen LogP contribution in [0.4, 0.5) is 14.5 Å². The van der Waals surface area contributed by atoms with E-state index in [0.717, 1.165) is 0 Å². The molecule has 2 aliphatic rings. The molecule has 0 saturated carbocycles. The Hall–Kier alpha value is -5.31. The lowest BCUT2D eigenvalue weighted by atomic mass is 10.0. The Morgan fingerprint density at radius 3 is 2.71 bits per heavy atom. The number of phenols is 1. The lowest BCUT2D eigenvalue weighted by Crippen LogP contribution is -2.56. The fourth-order valence-corrected chi connectivity index (χ4v) is 5.00. The van der Waals surface area contributed by atoms with Gasteiger partial charge in [-0.3, -0.25) is 24.9 Å². The summed E-state index contributed by atoms with van der Waals surface area (Å²) in [5, 5.41) is 20.5. The maximum absolute atomic E-state index is 15.7. The van der Waals surface area contributed by atoms with Crippen LogP contribution in [-0.2, 0) is 14.3 Å². The van der Waals surface area contributed by atoms with Gasteiger partial charge in [0.1, 0.15) is 23.8 Å². The molecule has 13 nitrogen and oxygen atoms in total. The van der Waals surface area contributed by atoms with Gasteiger partial charge in [-0.1, -0.05) is 0 Å². The van der Waals surface area contributed by atoms with Crippen LogP contribution in [0.25, 0.3) is 0 Å². The Bertz CT molecular complexity index is 1670. The molecule has 2 aromatic carbocycles. The molecule has 5 rings (SSSR count). The number of nitrogens with one attached hydrogen (secondary N) is 2. The predicted octanol–water partition coefficient (Wildman–Crippen LogP) is 3.21. The van der Waals surface area contributed by atoms with Crippen LogP contribution in [0.5, 0.6) is 28.9 Å². The number of esters is 1. The van der Waals surface area contributed by atoms with Crippen LogP contribution in [0, 0.1) is 17.0 Å². The average Bonchev–Trinajstić information content (AvgIpc) is 3.44. The number of ether oxygens (including phenoxy) is 3. The van der Waals surface area contributed by atoms with Crippen molar-refractivity contribution in [3.63, 3.8) is 0 Å². The van der Waals surface area contributed by atoms with E-state index in [2.05, 4.69) is 15.3 Å². The molecule has 1 aromatic heterocycles. The number of carbonyl (C=O) groups is 2. The quantitative estimate of drug-likeness (QED) is 0.149. The van der Waals surface area contributed by atoms with Gasteiger partial charge >= 0.3 is 5.97 Å². The molecule has 2 unspecified atom stereocenters. The standard InChI is InChI=1S/C30H31F2N7O6/c1-3-43-24(41)14-20-29(42)36-9-11-39(20)17-5-7-22(18(13-17)28-35-8-10-38(28)2)44-26-19(31)15-37-30(25(26)32)45-23-12-16(27(33)34)4-6-21(23)40/h4-8,12-13,15,20,28,40H,3,9-11,14H2,1-2H3,(H3,33,34)(H,36,42). The second kappa shape index (κ2) is 13.1. The summed E-state index contributed by atoms with van der Waals surface area (Å²) in [7, 11) is 1.81. The van der Waals surface area contributed by atoms with Crippen LogP contribution in [0.3, 0.4) is 0 Å². The van der Waals surface area contributed by atoms with Crippen molar-refractivity contribution in [3.05, 3.63) is 65.4 Å². The number of phenolic OH excluding ortho intramolecular Hbond substituents is 1. The first kappa shape index (κ1) is 31.1. The number of hydrogen-bond donors (Lipinski definition) is 4. The number of pyridine rings is 1. The van der Waals surface area contributed by atoms with Crippen LogP contribution in [0.15, 0.2) is 47.6 Å². The molecule has 45 heavy (non-hydrogen) atoms. The number of halogens is 2. The minimum absolute atomic E-state index is 0.0643. The summed E-state index contributed by atoms with van der Waals surface area (Å²) >= 11 is 0. The van der Waals surface area contributed by atoms with Gasteiger partial charge in [0.25, 0.3) is 5.88 Å². The highest BCUT2D eigenvalue weighted by atomic mass is 19.1. The topological polar surface area (TPSA) is 176 Å². The van der Waals surface area contributed by atoms with Crippen molar-refractivity contribution in [1.82, 2.24) is 15.2 Å². The van der Waals surface area contributed by atoms with E-state index >= 15 is 8.78 Å². The number of hydrogen-bond acceptors (Lipinski definition) is 11. The molecule has 3 heterocycles. The average molecular weight is 624 g/mol. The van der Waals surface area contributed by atoms with Crippen molar-refractivity contribution < 1.29 is 37.7 Å². The Morgan fingerprint density at radius 1 is 1.20 bits per heavy atom. The zero-order valence-corrected chi connectivity index (χ0v) is 24.4. The van der Waals surface area contributed by atoms with Gasteiger partial charge in [-0.15, -0.1) is 0 Å². The Labute approximate surface area is 256 Å². The molecule has 1 amide bonds. The van der Waals surface area contributed by atoms with Gasteiger partial charge in [0, 0.05) is 42.7 Å². The van der Waals surface area contributed by atoms with Crippen molar-refractivity contribution in [2.45, 2.75) is 25.6 Å². The number of anilines is 1. The summed E-state index contributed by atoms with van der Waals surface area (Å²) < 4.78 is 47.0. The third kappa shape index (κ3) is 6.62. The summed E-state index contributed by atoms with van der Waals surface area (Å²) in [6.07, 6.45) is 1.65. The van der Waals surface area contributed by atoms with E-state index in [9.17, 15) is 14.7 Å². The molecule has 3 aromatic rings. The number of carbonyl (C=O) groups excluding carboxylic acids is 2.